The highest BCUT2D eigenvalue weighted by Gasteiger charge is 2.11. The molecule has 1 aliphatic heterocycles. The van der Waals surface area contributed by atoms with Crippen molar-refractivity contribution in [3.63, 3.8) is 0 Å². The van der Waals surface area contributed by atoms with Gasteiger partial charge in [-0.25, -0.2) is 4.98 Å². The van der Waals surface area contributed by atoms with Crippen molar-refractivity contribution in [2.75, 3.05) is 18.0 Å². The minimum absolute atomic E-state index is 0.0598. The van der Waals surface area contributed by atoms with Gasteiger partial charge in [0.15, 0.2) is 0 Å². The molecule has 86 valence electrons. The molecule has 0 saturated carbocycles. The van der Waals surface area contributed by atoms with E-state index in [1.165, 1.54) is 5.57 Å². The third-order valence-corrected chi connectivity index (χ3v) is 2.95. The molecule has 1 atom stereocenters. The Hall–Kier alpha value is -1.35. The second-order valence-corrected chi connectivity index (χ2v) is 4.50. The molecule has 1 aliphatic rings. The predicted molar refractivity (Wildman–Crippen MR) is 67.4 cm³/mol. The van der Waals surface area contributed by atoms with E-state index >= 15 is 0 Å². The summed E-state index contributed by atoms with van der Waals surface area (Å²) in [7, 11) is 0. The number of nitrogens with two attached hydrogens (primary N) is 1. The largest absolute Gasteiger partial charge is 0.352 e. The highest BCUT2D eigenvalue weighted by atomic mass is 15.2. The molecule has 3 heteroatoms. The molecule has 16 heavy (non-hydrogen) atoms. The quantitative estimate of drug-likeness (QED) is 0.773. The van der Waals surface area contributed by atoms with Gasteiger partial charge in [-0.1, -0.05) is 17.7 Å². The molecule has 3 nitrogen and oxygen atoms in total. The average molecular weight is 217 g/mol. The first-order valence-electron chi connectivity index (χ1n) is 5.79. The first kappa shape index (κ1) is 11.1. The Bertz CT molecular complexity index is 379. The molecule has 0 spiro atoms. The van der Waals surface area contributed by atoms with Gasteiger partial charge in [-0.05, 0) is 31.9 Å². The van der Waals surface area contributed by atoms with Crippen LogP contribution in [0.15, 0.2) is 30.0 Å². The maximum atomic E-state index is 5.80. The molecule has 0 radical (unpaired) electrons. The fraction of sp³-hybridized carbons (Fsp3) is 0.462. The van der Waals surface area contributed by atoms with E-state index in [0.29, 0.717) is 0 Å². The van der Waals surface area contributed by atoms with E-state index in [1.54, 1.807) is 0 Å². The number of rotatable bonds is 2. The molecule has 1 aromatic rings. The molecule has 0 amide bonds. The molecular formula is C13H19N3. The first-order valence-corrected chi connectivity index (χ1v) is 5.79. The highest BCUT2D eigenvalue weighted by molar-refractivity contribution is 5.42. The number of anilines is 1. The van der Waals surface area contributed by atoms with Gasteiger partial charge in [-0.15, -0.1) is 0 Å². The molecule has 1 unspecified atom stereocenters. The third-order valence-electron chi connectivity index (χ3n) is 2.95. The summed E-state index contributed by atoms with van der Waals surface area (Å²) >= 11 is 0. The molecule has 0 bridgehead atoms. The molecule has 2 rings (SSSR count). The predicted octanol–water partition coefficient (Wildman–Crippen LogP) is 2.26. The maximum absolute atomic E-state index is 5.80. The van der Waals surface area contributed by atoms with Crippen molar-refractivity contribution >= 4 is 5.82 Å². The van der Waals surface area contributed by atoms with Crippen molar-refractivity contribution in [2.24, 2.45) is 5.73 Å². The fourth-order valence-electron chi connectivity index (χ4n) is 1.96. The van der Waals surface area contributed by atoms with Gasteiger partial charge in [0.25, 0.3) is 0 Å². The highest BCUT2D eigenvalue weighted by Crippen LogP contribution is 2.18. The Morgan fingerprint density at radius 1 is 1.44 bits per heavy atom. The smallest absolute Gasteiger partial charge is 0.128 e. The van der Waals surface area contributed by atoms with Crippen LogP contribution in [0.2, 0.25) is 0 Å². The van der Waals surface area contributed by atoms with Crippen molar-refractivity contribution in [1.29, 1.82) is 0 Å². The lowest BCUT2D eigenvalue weighted by Crippen LogP contribution is -2.29. The lowest BCUT2D eigenvalue weighted by molar-refractivity contribution is 0.770. The van der Waals surface area contributed by atoms with Crippen molar-refractivity contribution < 1.29 is 0 Å². The minimum Gasteiger partial charge on any atom is -0.352 e. The van der Waals surface area contributed by atoms with Gasteiger partial charge in [-0.2, -0.15) is 0 Å². The van der Waals surface area contributed by atoms with Gasteiger partial charge >= 0.3 is 0 Å². The summed E-state index contributed by atoms with van der Waals surface area (Å²) in [6.07, 6.45) is 5.29. The third kappa shape index (κ3) is 2.42. The summed E-state index contributed by atoms with van der Waals surface area (Å²) in [6.45, 7) is 6.19. The maximum Gasteiger partial charge on any atom is 0.128 e. The van der Waals surface area contributed by atoms with E-state index in [1.807, 2.05) is 13.1 Å². The molecular weight excluding hydrogens is 198 g/mol. The number of aromatic nitrogens is 1. The van der Waals surface area contributed by atoms with Crippen LogP contribution in [0.5, 0.6) is 0 Å². The second-order valence-electron chi connectivity index (χ2n) is 4.50. The Balaban J connectivity index is 2.13. The van der Waals surface area contributed by atoms with Crippen molar-refractivity contribution in [3.05, 3.63) is 35.5 Å². The zero-order valence-corrected chi connectivity index (χ0v) is 9.98. The molecule has 0 fully saturated rings. The monoisotopic (exact) mass is 217 g/mol. The number of pyridine rings is 1. The Kier molecular flexibility index (Phi) is 3.25. The first-order chi connectivity index (χ1) is 7.66. The lowest BCUT2D eigenvalue weighted by Gasteiger charge is -2.27. The van der Waals surface area contributed by atoms with Gasteiger partial charge < -0.3 is 10.6 Å². The number of hydrogen-bond acceptors (Lipinski definition) is 3. The molecule has 0 saturated heterocycles. The van der Waals surface area contributed by atoms with Crippen molar-refractivity contribution in [1.82, 2.24) is 4.98 Å². The van der Waals surface area contributed by atoms with Crippen LogP contribution in [0, 0.1) is 0 Å². The molecule has 2 heterocycles. The molecule has 1 aromatic heterocycles. The van der Waals surface area contributed by atoms with Gasteiger partial charge in [0.05, 0.1) is 0 Å². The van der Waals surface area contributed by atoms with Gasteiger partial charge in [0.2, 0.25) is 0 Å². The van der Waals surface area contributed by atoms with E-state index in [4.69, 9.17) is 5.73 Å². The van der Waals surface area contributed by atoms with E-state index < -0.39 is 0 Å². The molecule has 0 aromatic carbocycles. The summed E-state index contributed by atoms with van der Waals surface area (Å²) in [5.74, 6) is 1.05. The standard InChI is InChI=1S/C13H19N3/c1-10-4-3-7-16(9-10)13-6-5-12(8-15-13)11(2)14/h4-6,8,11H,3,7,9,14H2,1-2H3. The van der Waals surface area contributed by atoms with Crippen LogP contribution >= 0.6 is 0 Å². The minimum atomic E-state index is 0.0598. The summed E-state index contributed by atoms with van der Waals surface area (Å²) in [5, 5.41) is 0. The van der Waals surface area contributed by atoms with Crippen LogP contribution in [0.4, 0.5) is 5.82 Å². The van der Waals surface area contributed by atoms with Crippen LogP contribution < -0.4 is 10.6 Å². The second kappa shape index (κ2) is 4.66. The Labute approximate surface area is 97.0 Å². The number of hydrogen-bond donors (Lipinski definition) is 1. The Morgan fingerprint density at radius 2 is 2.25 bits per heavy atom. The van der Waals surface area contributed by atoms with Crippen LogP contribution in [0.3, 0.4) is 0 Å². The van der Waals surface area contributed by atoms with E-state index in [2.05, 4.69) is 35.0 Å². The topological polar surface area (TPSA) is 42.1 Å². The molecule has 2 N–H and O–H groups in total. The van der Waals surface area contributed by atoms with Gasteiger partial charge in [0, 0.05) is 25.3 Å². The summed E-state index contributed by atoms with van der Waals surface area (Å²) in [5.41, 5.74) is 8.31. The summed E-state index contributed by atoms with van der Waals surface area (Å²) in [6, 6.07) is 4.20. The van der Waals surface area contributed by atoms with Crippen LogP contribution in [0.25, 0.3) is 0 Å². The van der Waals surface area contributed by atoms with Gasteiger partial charge in [0.1, 0.15) is 5.82 Å². The van der Waals surface area contributed by atoms with Crippen LogP contribution in [-0.2, 0) is 0 Å². The normalized spacial score (nSPS) is 18.2. The van der Waals surface area contributed by atoms with Crippen molar-refractivity contribution in [2.45, 2.75) is 26.3 Å². The Morgan fingerprint density at radius 3 is 2.81 bits per heavy atom. The van der Waals surface area contributed by atoms with E-state index in [0.717, 1.165) is 30.9 Å². The van der Waals surface area contributed by atoms with Gasteiger partial charge in [-0.3, -0.25) is 0 Å². The average Bonchev–Trinajstić information content (AvgIpc) is 2.29. The zero-order chi connectivity index (χ0) is 11.5. The fourth-order valence-corrected chi connectivity index (χ4v) is 1.96. The zero-order valence-electron chi connectivity index (χ0n) is 9.98. The van der Waals surface area contributed by atoms with Crippen LogP contribution in [-0.4, -0.2) is 18.1 Å². The van der Waals surface area contributed by atoms with Crippen LogP contribution in [0.1, 0.15) is 31.9 Å². The SMILES string of the molecule is CC1=CCCN(c2ccc(C(C)N)cn2)C1. The summed E-state index contributed by atoms with van der Waals surface area (Å²) in [4.78, 5) is 6.78. The van der Waals surface area contributed by atoms with E-state index in [-0.39, 0.29) is 6.04 Å². The molecule has 0 aliphatic carbocycles. The van der Waals surface area contributed by atoms with E-state index in [9.17, 15) is 0 Å². The lowest BCUT2D eigenvalue weighted by atomic mass is 10.1. The summed E-state index contributed by atoms with van der Waals surface area (Å²) < 4.78 is 0. The van der Waals surface area contributed by atoms with Crippen molar-refractivity contribution in [3.8, 4) is 0 Å². The number of nitrogens with zero attached hydrogens (tertiary/aromatic N) is 2.